The minimum atomic E-state index is 0.224. The number of nitrogens with zero attached hydrogens (tertiary/aromatic N) is 4. The molecule has 4 nitrogen and oxygen atoms in total. The third-order valence-corrected chi connectivity index (χ3v) is 4.04. The predicted octanol–water partition coefficient (Wildman–Crippen LogP) is 2.53. The molecule has 0 N–H and O–H groups in total. The number of hydrogen-bond donors (Lipinski definition) is 0. The largest absolute Gasteiger partial charge is 0.355 e. The second-order valence-corrected chi connectivity index (χ2v) is 5.65. The Balaban J connectivity index is 2.16. The predicted molar refractivity (Wildman–Crippen MR) is 76.7 cm³/mol. The van der Waals surface area contributed by atoms with Crippen molar-refractivity contribution in [2.75, 3.05) is 30.9 Å². The average molecular weight is 269 g/mol. The molecule has 1 saturated carbocycles. The summed E-state index contributed by atoms with van der Waals surface area (Å²) >= 11 is 6.43. The zero-order chi connectivity index (χ0) is 13.1. The first-order valence-corrected chi connectivity index (χ1v) is 6.90. The minimum absolute atomic E-state index is 0.224. The smallest absolute Gasteiger partial charge is 0.226 e. The highest BCUT2D eigenvalue weighted by atomic mass is 35.5. The van der Waals surface area contributed by atoms with E-state index in [1.807, 2.05) is 25.1 Å². The number of hydrogen-bond acceptors (Lipinski definition) is 4. The molecule has 1 aromatic rings. The van der Waals surface area contributed by atoms with Gasteiger partial charge in [0, 0.05) is 33.4 Å². The van der Waals surface area contributed by atoms with Gasteiger partial charge in [0.15, 0.2) is 0 Å². The molecule has 1 fully saturated rings. The fourth-order valence-corrected chi connectivity index (χ4v) is 2.87. The molecule has 0 spiro atoms. The molecule has 2 rings (SSSR count). The van der Waals surface area contributed by atoms with Gasteiger partial charge in [0.25, 0.3) is 0 Å². The first kappa shape index (κ1) is 13.4. The molecule has 18 heavy (non-hydrogen) atoms. The number of anilines is 2. The number of alkyl halides is 1. The van der Waals surface area contributed by atoms with Crippen LogP contribution in [0, 0.1) is 0 Å². The van der Waals surface area contributed by atoms with Crippen molar-refractivity contribution in [1.29, 1.82) is 0 Å². The Morgan fingerprint density at radius 2 is 1.94 bits per heavy atom. The van der Waals surface area contributed by atoms with Crippen molar-refractivity contribution >= 4 is 23.4 Å². The Morgan fingerprint density at radius 1 is 1.22 bits per heavy atom. The highest BCUT2D eigenvalue weighted by Gasteiger charge is 2.27. The van der Waals surface area contributed by atoms with Crippen molar-refractivity contribution in [1.82, 2.24) is 9.97 Å². The fourth-order valence-electron chi connectivity index (χ4n) is 2.42. The second kappa shape index (κ2) is 5.74. The van der Waals surface area contributed by atoms with E-state index in [0.29, 0.717) is 6.04 Å². The maximum Gasteiger partial charge on any atom is 0.226 e. The Hall–Kier alpha value is -1.03. The van der Waals surface area contributed by atoms with Crippen molar-refractivity contribution in [3.8, 4) is 0 Å². The molecule has 1 aliphatic carbocycles. The van der Waals surface area contributed by atoms with Crippen molar-refractivity contribution in [2.24, 2.45) is 0 Å². The summed E-state index contributed by atoms with van der Waals surface area (Å²) in [5, 5.41) is 0.224. The molecular weight excluding hydrogens is 248 g/mol. The van der Waals surface area contributed by atoms with Gasteiger partial charge >= 0.3 is 0 Å². The highest BCUT2D eigenvalue weighted by molar-refractivity contribution is 6.21. The zero-order valence-corrected chi connectivity index (χ0v) is 12.1. The van der Waals surface area contributed by atoms with Gasteiger partial charge in [-0.1, -0.05) is 12.8 Å². The van der Waals surface area contributed by atoms with Gasteiger partial charge in [-0.05, 0) is 18.9 Å². The van der Waals surface area contributed by atoms with Crippen molar-refractivity contribution in [3.63, 3.8) is 0 Å². The van der Waals surface area contributed by atoms with E-state index in [0.717, 1.165) is 24.6 Å². The maximum atomic E-state index is 6.43. The first-order valence-electron chi connectivity index (χ1n) is 6.47. The Kier molecular flexibility index (Phi) is 4.27. The molecule has 0 bridgehead atoms. The van der Waals surface area contributed by atoms with Crippen molar-refractivity contribution in [2.45, 2.75) is 37.1 Å². The van der Waals surface area contributed by atoms with Crippen LogP contribution in [0.1, 0.15) is 25.7 Å². The van der Waals surface area contributed by atoms with E-state index >= 15 is 0 Å². The van der Waals surface area contributed by atoms with Gasteiger partial charge in [0.2, 0.25) is 5.95 Å². The van der Waals surface area contributed by atoms with Crippen LogP contribution in [-0.2, 0) is 0 Å². The lowest BCUT2D eigenvalue weighted by Gasteiger charge is -2.35. The summed E-state index contributed by atoms with van der Waals surface area (Å²) in [5.74, 6) is 1.69. The third-order valence-electron chi connectivity index (χ3n) is 3.53. The standard InChI is InChI=1S/C13H21ClN4/c1-17(2)13-15-9-8-12(16-13)18(3)11-7-5-4-6-10(11)14/h8-11H,4-7H2,1-3H3. The highest BCUT2D eigenvalue weighted by Crippen LogP contribution is 2.29. The number of aromatic nitrogens is 2. The maximum absolute atomic E-state index is 6.43. The molecule has 0 radical (unpaired) electrons. The van der Waals surface area contributed by atoms with E-state index in [1.165, 1.54) is 12.8 Å². The lowest BCUT2D eigenvalue weighted by molar-refractivity contribution is 0.432. The van der Waals surface area contributed by atoms with Crippen LogP contribution >= 0.6 is 11.6 Å². The van der Waals surface area contributed by atoms with Crippen LogP contribution in [0.3, 0.4) is 0 Å². The molecule has 0 saturated heterocycles. The molecule has 1 aromatic heterocycles. The molecule has 1 heterocycles. The van der Waals surface area contributed by atoms with Gasteiger partial charge < -0.3 is 9.80 Å². The van der Waals surface area contributed by atoms with Crippen LogP contribution in [0.5, 0.6) is 0 Å². The van der Waals surface area contributed by atoms with E-state index in [1.54, 1.807) is 6.20 Å². The van der Waals surface area contributed by atoms with Crippen LogP contribution < -0.4 is 9.80 Å². The van der Waals surface area contributed by atoms with Gasteiger partial charge in [0.05, 0.1) is 5.38 Å². The summed E-state index contributed by atoms with van der Waals surface area (Å²) in [6.07, 6.45) is 6.55. The molecule has 2 unspecified atom stereocenters. The van der Waals surface area contributed by atoms with Crippen molar-refractivity contribution < 1.29 is 0 Å². The lowest BCUT2D eigenvalue weighted by atomic mass is 9.94. The molecule has 100 valence electrons. The van der Waals surface area contributed by atoms with E-state index in [-0.39, 0.29) is 5.38 Å². The second-order valence-electron chi connectivity index (χ2n) is 5.09. The molecule has 1 aliphatic rings. The lowest BCUT2D eigenvalue weighted by Crippen LogP contribution is -2.41. The molecule has 0 aromatic carbocycles. The summed E-state index contributed by atoms with van der Waals surface area (Å²) in [6, 6.07) is 2.33. The van der Waals surface area contributed by atoms with E-state index in [4.69, 9.17) is 11.6 Å². The number of halogens is 1. The van der Waals surface area contributed by atoms with Crippen LogP contribution in [0.4, 0.5) is 11.8 Å². The minimum Gasteiger partial charge on any atom is -0.355 e. The molecule has 5 heteroatoms. The van der Waals surface area contributed by atoms with Crippen molar-refractivity contribution in [3.05, 3.63) is 12.3 Å². The Bertz CT molecular complexity index is 396. The SMILES string of the molecule is CN(C)c1nccc(N(C)C2CCCCC2Cl)n1. The summed E-state index contributed by atoms with van der Waals surface area (Å²) in [6.45, 7) is 0. The monoisotopic (exact) mass is 268 g/mol. The van der Waals surface area contributed by atoms with Crippen LogP contribution in [0.25, 0.3) is 0 Å². The summed E-state index contributed by atoms with van der Waals surface area (Å²) in [7, 11) is 5.97. The quantitative estimate of drug-likeness (QED) is 0.789. The zero-order valence-electron chi connectivity index (χ0n) is 11.3. The van der Waals surface area contributed by atoms with Gasteiger partial charge in [-0.15, -0.1) is 11.6 Å². The van der Waals surface area contributed by atoms with E-state index < -0.39 is 0 Å². The average Bonchev–Trinajstić information content (AvgIpc) is 2.38. The number of rotatable bonds is 3. The fraction of sp³-hybridized carbons (Fsp3) is 0.692. The molecular formula is C13H21ClN4. The van der Waals surface area contributed by atoms with E-state index in [9.17, 15) is 0 Å². The Morgan fingerprint density at radius 3 is 2.61 bits per heavy atom. The van der Waals surface area contributed by atoms with Gasteiger partial charge in [0.1, 0.15) is 5.82 Å². The van der Waals surface area contributed by atoms with Gasteiger partial charge in [-0.3, -0.25) is 0 Å². The van der Waals surface area contributed by atoms with Crippen LogP contribution in [0.2, 0.25) is 0 Å². The van der Waals surface area contributed by atoms with Gasteiger partial charge in [-0.2, -0.15) is 4.98 Å². The molecule has 2 atom stereocenters. The normalized spacial score (nSPS) is 23.8. The summed E-state index contributed by atoms with van der Waals surface area (Å²) < 4.78 is 0. The molecule has 0 aliphatic heterocycles. The van der Waals surface area contributed by atoms with Gasteiger partial charge in [-0.25, -0.2) is 4.98 Å². The summed E-state index contributed by atoms with van der Waals surface area (Å²) in [5.41, 5.74) is 0. The Labute approximate surface area is 114 Å². The third kappa shape index (κ3) is 2.86. The summed E-state index contributed by atoms with van der Waals surface area (Å²) in [4.78, 5) is 12.9. The first-order chi connectivity index (χ1) is 8.59. The topological polar surface area (TPSA) is 32.3 Å². The molecule has 0 amide bonds. The van der Waals surface area contributed by atoms with Crippen LogP contribution in [0.15, 0.2) is 12.3 Å². The van der Waals surface area contributed by atoms with Crippen LogP contribution in [-0.4, -0.2) is 42.5 Å². The van der Waals surface area contributed by atoms with E-state index in [2.05, 4.69) is 21.9 Å².